The van der Waals surface area contributed by atoms with Crippen LogP contribution in [0.1, 0.15) is 22.3 Å². The van der Waals surface area contributed by atoms with Crippen LogP contribution in [-0.2, 0) is 16.1 Å². The molecule has 2 saturated heterocycles. The molecule has 0 aromatic heterocycles. The lowest BCUT2D eigenvalue weighted by Gasteiger charge is -2.37. The van der Waals surface area contributed by atoms with Gasteiger partial charge in [0.2, 0.25) is 5.91 Å². The average Bonchev–Trinajstić information content (AvgIpc) is 3.19. The highest BCUT2D eigenvalue weighted by Crippen LogP contribution is 2.29. The fourth-order valence-corrected chi connectivity index (χ4v) is 4.38. The van der Waals surface area contributed by atoms with E-state index in [0.717, 1.165) is 30.2 Å². The highest BCUT2D eigenvalue weighted by Gasteiger charge is 2.39. The van der Waals surface area contributed by atoms with Gasteiger partial charge < -0.3 is 9.64 Å². The summed E-state index contributed by atoms with van der Waals surface area (Å²) in [5.41, 5.74) is -0.276. The molecule has 11 heteroatoms. The Morgan fingerprint density at radius 1 is 1.03 bits per heavy atom. The summed E-state index contributed by atoms with van der Waals surface area (Å²) in [6.45, 7) is 2.11. The third-order valence-corrected chi connectivity index (χ3v) is 5.96. The molecule has 172 valence electrons. The number of piperazine rings is 1. The molecule has 4 rings (SSSR count). The Labute approximate surface area is 188 Å². The van der Waals surface area contributed by atoms with Gasteiger partial charge in [-0.15, -0.1) is 0 Å². The van der Waals surface area contributed by atoms with Gasteiger partial charge in [-0.05, 0) is 12.0 Å². The number of amides is 1. The number of non-ortho nitro benzene ring substituents is 2. The maximum atomic E-state index is 12.6. The molecule has 0 spiro atoms. The van der Waals surface area contributed by atoms with Crippen molar-refractivity contribution in [3.05, 3.63) is 79.9 Å². The fraction of sp³-hybridized carbons (Fsp3) is 0.364. The van der Waals surface area contributed by atoms with Crippen LogP contribution in [0.25, 0.3) is 0 Å². The monoisotopic (exact) mass is 454 g/mol. The second kappa shape index (κ2) is 9.33. The number of hydrogen-bond acceptors (Lipinski definition) is 8. The summed E-state index contributed by atoms with van der Waals surface area (Å²) in [6.07, 6.45) is 0.737. The van der Waals surface area contributed by atoms with Gasteiger partial charge in [0.1, 0.15) is 0 Å². The number of benzene rings is 2. The van der Waals surface area contributed by atoms with Gasteiger partial charge in [-0.3, -0.25) is 29.9 Å². The first-order valence-corrected chi connectivity index (χ1v) is 10.5. The Hall–Kier alpha value is -3.86. The molecule has 2 aliphatic heterocycles. The predicted octanol–water partition coefficient (Wildman–Crippen LogP) is 2.39. The van der Waals surface area contributed by atoms with Crippen LogP contribution in [-0.4, -0.2) is 63.8 Å². The van der Waals surface area contributed by atoms with Crippen molar-refractivity contribution in [2.75, 3.05) is 26.2 Å². The van der Waals surface area contributed by atoms with Crippen molar-refractivity contribution >= 4 is 23.3 Å². The van der Waals surface area contributed by atoms with Crippen molar-refractivity contribution in [3.8, 4) is 0 Å². The quantitative estimate of drug-likeness (QED) is 0.353. The number of carbonyl (C=O) groups excluding carboxylic acids is 2. The maximum Gasteiger partial charge on any atom is 0.338 e. The minimum Gasteiger partial charge on any atom is -0.462 e. The van der Waals surface area contributed by atoms with Crippen LogP contribution in [0.2, 0.25) is 0 Å². The number of ether oxygens (including phenoxy) is 1. The lowest BCUT2D eigenvalue weighted by atomic mass is 10.1. The highest BCUT2D eigenvalue weighted by molar-refractivity contribution is 5.91. The largest absolute Gasteiger partial charge is 0.462 e. The van der Waals surface area contributed by atoms with Gasteiger partial charge in [0.05, 0.1) is 34.6 Å². The van der Waals surface area contributed by atoms with Crippen LogP contribution in [0.4, 0.5) is 11.4 Å². The van der Waals surface area contributed by atoms with Gasteiger partial charge in [-0.25, -0.2) is 4.79 Å². The molecule has 2 aromatic carbocycles. The lowest BCUT2D eigenvalue weighted by molar-refractivity contribution is -0.394. The fourth-order valence-electron chi connectivity index (χ4n) is 4.38. The molecule has 0 unspecified atom stereocenters. The molecule has 1 amide bonds. The SMILES string of the molecule is O=C(OC[C@H]1C[C@H]2CN(Cc3ccccc3)C(=O)CN2C1)c1cc([N+](=O)[O-])cc([N+](=O)[O-])c1. The number of carbonyl (C=O) groups is 2. The van der Waals surface area contributed by atoms with Gasteiger partial charge in [-0.2, -0.15) is 0 Å². The summed E-state index contributed by atoms with van der Waals surface area (Å²) in [5, 5.41) is 22.0. The maximum absolute atomic E-state index is 12.6. The second-order valence-electron chi connectivity index (χ2n) is 8.30. The number of nitrogens with zero attached hydrogens (tertiary/aromatic N) is 4. The number of nitro benzene ring substituents is 2. The molecular formula is C22H22N4O7. The van der Waals surface area contributed by atoms with Gasteiger partial charge in [0, 0.05) is 43.7 Å². The molecule has 2 atom stereocenters. The first-order chi connectivity index (χ1) is 15.8. The summed E-state index contributed by atoms with van der Waals surface area (Å²) in [4.78, 5) is 49.4. The number of fused-ring (bicyclic) bond motifs is 1. The zero-order chi connectivity index (χ0) is 23.5. The van der Waals surface area contributed by atoms with Crippen LogP contribution >= 0.6 is 0 Å². The molecule has 2 fully saturated rings. The van der Waals surface area contributed by atoms with E-state index in [0.29, 0.717) is 26.2 Å². The average molecular weight is 454 g/mol. The van der Waals surface area contributed by atoms with E-state index in [4.69, 9.17) is 4.74 Å². The molecular weight excluding hydrogens is 432 g/mol. The van der Waals surface area contributed by atoms with Gasteiger partial charge in [0.15, 0.2) is 0 Å². The van der Waals surface area contributed by atoms with Crippen LogP contribution in [0, 0.1) is 26.1 Å². The Bertz CT molecular complexity index is 1060. The van der Waals surface area contributed by atoms with Crippen molar-refractivity contribution in [2.45, 2.75) is 19.0 Å². The topological polar surface area (TPSA) is 136 Å². The zero-order valence-electron chi connectivity index (χ0n) is 17.7. The molecule has 2 aliphatic rings. The van der Waals surface area contributed by atoms with E-state index in [-0.39, 0.29) is 30.0 Å². The van der Waals surface area contributed by atoms with E-state index in [1.807, 2.05) is 35.2 Å². The number of rotatable bonds is 7. The van der Waals surface area contributed by atoms with E-state index < -0.39 is 27.2 Å². The molecule has 2 heterocycles. The Balaban J connectivity index is 1.35. The normalized spacial score (nSPS) is 20.4. The van der Waals surface area contributed by atoms with Crippen molar-refractivity contribution in [1.29, 1.82) is 0 Å². The summed E-state index contributed by atoms with van der Waals surface area (Å²) in [6, 6.07) is 12.7. The van der Waals surface area contributed by atoms with E-state index >= 15 is 0 Å². The van der Waals surface area contributed by atoms with Gasteiger partial charge in [0.25, 0.3) is 11.4 Å². The van der Waals surface area contributed by atoms with Crippen molar-refractivity contribution in [3.63, 3.8) is 0 Å². The smallest absolute Gasteiger partial charge is 0.338 e. The van der Waals surface area contributed by atoms with Gasteiger partial charge >= 0.3 is 5.97 Å². The van der Waals surface area contributed by atoms with Crippen molar-refractivity contribution in [1.82, 2.24) is 9.80 Å². The molecule has 0 bridgehead atoms. The molecule has 0 aliphatic carbocycles. The van der Waals surface area contributed by atoms with E-state index in [1.54, 1.807) is 0 Å². The third-order valence-electron chi connectivity index (χ3n) is 5.96. The van der Waals surface area contributed by atoms with Crippen LogP contribution in [0.3, 0.4) is 0 Å². The van der Waals surface area contributed by atoms with Crippen LogP contribution in [0.15, 0.2) is 48.5 Å². The van der Waals surface area contributed by atoms with E-state index in [9.17, 15) is 29.8 Å². The van der Waals surface area contributed by atoms with Gasteiger partial charge in [-0.1, -0.05) is 30.3 Å². The number of esters is 1. The Kier molecular flexibility index (Phi) is 6.31. The summed E-state index contributed by atoms with van der Waals surface area (Å²) >= 11 is 0. The molecule has 11 nitrogen and oxygen atoms in total. The first kappa shape index (κ1) is 22.3. The second-order valence-corrected chi connectivity index (χ2v) is 8.30. The lowest BCUT2D eigenvalue weighted by Crippen LogP contribution is -2.53. The third kappa shape index (κ3) is 5.14. The molecule has 2 aromatic rings. The van der Waals surface area contributed by atoms with Crippen molar-refractivity contribution < 1.29 is 24.2 Å². The summed E-state index contributed by atoms with van der Waals surface area (Å²) in [5.74, 6) is -0.804. The van der Waals surface area contributed by atoms with E-state index in [2.05, 4.69) is 4.90 Å². The number of hydrogen-bond donors (Lipinski definition) is 0. The Morgan fingerprint density at radius 3 is 2.33 bits per heavy atom. The van der Waals surface area contributed by atoms with Crippen LogP contribution < -0.4 is 0 Å². The summed E-state index contributed by atoms with van der Waals surface area (Å²) in [7, 11) is 0. The minimum atomic E-state index is -0.853. The molecule has 0 N–H and O–H groups in total. The van der Waals surface area contributed by atoms with Crippen molar-refractivity contribution in [2.24, 2.45) is 5.92 Å². The molecule has 0 saturated carbocycles. The van der Waals surface area contributed by atoms with Crippen LogP contribution in [0.5, 0.6) is 0 Å². The highest BCUT2D eigenvalue weighted by atomic mass is 16.6. The Morgan fingerprint density at radius 2 is 1.70 bits per heavy atom. The first-order valence-electron chi connectivity index (χ1n) is 10.5. The standard InChI is InChI=1S/C22H22N4O7/c27-21-13-23-11-16(6-20(23)12-24(21)10-15-4-2-1-3-5-15)14-33-22(28)17-7-18(25(29)30)9-19(8-17)26(31)32/h1-5,7-9,16,20H,6,10-14H2/t16-,20-/m0/s1. The summed E-state index contributed by atoms with van der Waals surface area (Å²) < 4.78 is 5.33. The predicted molar refractivity (Wildman–Crippen MR) is 115 cm³/mol. The zero-order valence-corrected chi connectivity index (χ0v) is 17.7. The minimum absolute atomic E-state index is 0.00268. The number of nitro groups is 2. The van der Waals surface area contributed by atoms with E-state index in [1.165, 1.54) is 0 Å². The molecule has 0 radical (unpaired) electrons. The molecule has 33 heavy (non-hydrogen) atoms.